The van der Waals surface area contributed by atoms with Crippen LogP contribution in [0.3, 0.4) is 0 Å². The van der Waals surface area contributed by atoms with Crippen LogP contribution in [-0.4, -0.2) is 49.9 Å². The van der Waals surface area contributed by atoms with Gasteiger partial charge in [-0.3, -0.25) is 9.69 Å². The van der Waals surface area contributed by atoms with E-state index in [1.54, 1.807) is 0 Å². The van der Waals surface area contributed by atoms with Crippen molar-refractivity contribution in [2.24, 2.45) is 0 Å². The van der Waals surface area contributed by atoms with Gasteiger partial charge in [0.15, 0.2) is 0 Å². The van der Waals surface area contributed by atoms with E-state index >= 15 is 0 Å². The highest BCUT2D eigenvalue weighted by Crippen LogP contribution is 2.36. The summed E-state index contributed by atoms with van der Waals surface area (Å²) in [6.07, 6.45) is 4.82. The van der Waals surface area contributed by atoms with Crippen molar-refractivity contribution >= 4 is 17.7 Å². The molecular weight excluding hydrogens is 348 g/mol. The standard InChI is InChI=1S/C18H24N6OS/c25-17(13-26-18-20-21-22-24(18)16-7-8-16)19-11-14-5-1-2-6-15(14)12-23-9-3-4-10-23/h1-2,5-6,16H,3-4,7-13H2,(H,19,25). The lowest BCUT2D eigenvalue weighted by Gasteiger charge is -2.17. The number of hydrogen-bond acceptors (Lipinski definition) is 6. The highest BCUT2D eigenvalue weighted by molar-refractivity contribution is 7.99. The molecule has 0 atom stereocenters. The molecule has 1 aromatic heterocycles. The van der Waals surface area contributed by atoms with E-state index in [2.05, 4.69) is 43.9 Å². The predicted molar refractivity (Wildman–Crippen MR) is 99.6 cm³/mol. The SMILES string of the molecule is O=C(CSc1nnnn1C1CC1)NCc1ccccc1CN1CCCC1. The fourth-order valence-electron chi connectivity index (χ4n) is 3.27. The van der Waals surface area contributed by atoms with E-state index in [4.69, 9.17) is 0 Å². The number of hydrogen-bond donors (Lipinski definition) is 1. The maximum atomic E-state index is 12.2. The average molecular weight is 372 g/mol. The summed E-state index contributed by atoms with van der Waals surface area (Å²) in [5, 5.41) is 15.5. The van der Waals surface area contributed by atoms with Crippen LogP contribution in [0.25, 0.3) is 0 Å². The average Bonchev–Trinajstić information content (AvgIpc) is 3.17. The number of amides is 1. The van der Waals surface area contributed by atoms with E-state index in [-0.39, 0.29) is 5.91 Å². The van der Waals surface area contributed by atoms with Crippen molar-refractivity contribution in [3.63, 3.8) is 0 Å². The number of carbonyl (C=O) groups is 1. The first-order chi connectivity index (χ1) is 12.8. The molecule has 0 unspecified atom stereocenters. The summed E-state index contributed by atoms with van der Waals surface area (Å²) in [5.41, 5.74) is 2.50. The first-order valence-corrected chi connectivity index (χ1v) is 10.2. The summed E-state index contributed by atoms with van der Waals surface area (Å²) >= 11 is 1.40. The maximum absolute atomic E-state index is 12.2. The number of thioether (sulfide) groups is 1. The van der Waals surface area contributed by atoms with Crippen molar-refractivity contribution < 1.29 is 4.79 Å². The summed E-state index contributed by atoms with van der Waals surface area (Å²) in [6.45, 7) is 3.88. The molecule has 2 aliphatic rings. The van der Waals surface area contributed by atoms with E-state index in [9.17, 15) is 4.79 Å². The highest BCUT2D eigenvalue weighted by atomic mass is 32.2. The Labute approximate surface area is 157 Å². The Bertz CT molecular complexity index is 754. The fourth-order valence-corrected chi connectivity index (χ4v) is 4.04. The zero-order valence-electron chi connectivity index (χ0n) is 14.8. The van der Waals surface area contributed by atoms with E-state index in [0.717, 1.165) is 24.5 Å². The van der Waals surface area contributed by atoms with Gasteiger partial charge in [0.05, 0.1) is 11.8 Å². The molecule has 1 amide bonds. The quantitative estimate of drug-likeness (QED) is 0.715. The predicted octanol–water partition coefficient (Wildman–Crippen LogP) is 2.01. The zero-order valence-corrected chi connectivity index (χ0v) is 15.6. The molecule has 4 rings (SSSR count). The number of rotatable bonds is 8. The maximum Gasteiger partial charge on any atom is 0.230 e. The number of likely N-dealkylation sites (tertiary alicyclic amines) is 1. The van der Waals surface area contributed by atoms with Crippen LogP contribution in [0.4, 0.5) is 0 Å². The Balaban J connectivity index is 1.28. The third kappa shape index (κ3) is 4.42. The minimum Gasteiger partial charge on any atom is -0.351 e. The molecule has 1 N–H and O–H groups in total. The van der Waals surface area contributed by atoms with Crippen molar-refractivity contribution in [2.75, 3.05) is 18.8 Å². The second-order valence-corrected chi connectivity index (χ2v) is 7.90. The second kappa shape index (κ2) is 8.18. The van der Waals surface area contributed by atoms with Crippen LogP contribution in [0, 0.1) is 0 Å². The van der Waals surface area contributed by atoms with Gasteiger partial charge in [0.2, 0.25) is 11.1 Å². The topological polar surface area (TPSA) is 75.9 Å². The summed E-state index contributed by atoms with van der Waals surface area (Å²) < 4.78 is 1.84. The third-order valence-corrected chi connectivity index (χ3v) is 5.81. The van der Waals surface area contributed by atoms with Crippen LogP contribution in [0.15, 0.2) is 29.4 Å². The molecule has 26 heavy (non-hydrogen) atoms. The van der Waals surface area contributed by atoms with Crippen LogP contribution in [-0.2, 0) is 17.9 Å². The first-order valence-electron chi connectivity index (χ1n) is 9.26. The van der Waals surface area contributed by atoms with Gasteiger partial charge in [-0.1, -0.05) is 36.0 Å². The monoisotopic (exact) mass is 372 g/mol. The van der Waals surface area contributed by atoms with Crippen LogP contribution >= 0.6 is 11.8 Å². The molecule has 0 spiro atoms. The molecule has 1 saturated carbocycles. The van der Waals surface area contributed by atoms with E-state index in [1.165, 1.54) is 48.8 Å². The Morgan fingerprint density at radius 1 is 1.19 bits per heavy atom. The number of nitrogens with one attached hydrogen (secondary N) is 1. The lowest BCUT2D eigenvalue weighted by Crippen LogP contribution is -2.26. The van der Waals surface area contributed by atoms with Gasteiger partial charge in [0.1, 0.15) is 0 Å². The normalized spacial score (nSPS) is 17.5. The lowest BCUT2D eigenvalue weighted by molar-refractivity contribution is -0.118. The number of nitrogens with zero attached hydrogens (tertiary/aromatic N) is 5. The molecule has 1 aromatic carbocycles. The van der Waals surface area contributed by atoms with E-state index in [1.807, 2.05) is 10.7 Å². The molecule has 2 heterocycles. The van der Waals surface area contributed by atoms with E-state index < -0.39 is 0 Å². The lowest BCUT2D eigenvalue weighted by atomic mass is 10.1. The van der Waals surface area contributed by atoms with Gasteiger partial charge >= 0.3 is 0 Å². The number of carbonyl (C=O) groups excluding carboxylic acids is 1. The van der Waals surface area contributed by atoms with Gasteiger partial charge in [-0.25, -0.2) is 4.68 Å². The zero-order chi connectivity index (χ0) is 17.8. The molecule has 2 fully saturated rings. The Morgan fingerprint density at radius 2 is 1.96 bits per heavy atom. The van der Waals surface area contributed by atoms with Gasteiger partial charge in [0.25, 0.3) is 0 Å². The van der Waals surface area contributed by atoms with Gasteiger partial charge < -0.3 is 5.32 Å². The largest absolute Gasteiger partial charge is 0.351 e. The Kier molecular flexibility index (Phi) is 5.50. The minimum absolute atomic E-state index is 0.0105. The van der Waals surface area contributed by atoms with Gasteiger partial charge in [-0.2, -0.15) is 0 Å². The summed E-state index contributed by atoms with van der Waals surface area (Å²) in [7, 11) is 0. The molecular formula is C18H24N6OS. The first kappa shape index (κ1) is 17.5. The molecule has 1 saturated heterocycles. The molecule has 0 radical (unpaired) electrons. The van der Waals surface area contributed by atoms with Gasteiger partial charge in [0, 0.05) is 13.1 Å². The van der Waals surface area contributed by atoms with Gasteiger partial charge in [-0.05, 0) is 60.3 Å². The van der Waals surface area contributed by atoms with Crippen LogP contribution in [0.1, 0.15) is 42.9 Å². The van der Waals surface area contributed by atoms with Crippen molar-refractivity contribution in [3.05, 3.63) is 35.4 Å². The molecule has 7 nitrogen and oxygen atoms in total. The molecule has 138 valence electrons. The Morgan fingerprint density at radius 3 is 2.73 bits per heavy atom. The van der Waals surface area contributed by atoms with Crippen molar-refractivity contribution in [1.29, 1.82) is 0 Å². The van der Waals surface area contributed by atoms with Crippen LogP contribution in [0.5, 0.6) is 0 Å². The minimum atomic E-state index is 0.0105. The van der Waals surface area contributed by atoms with Crippen LogP contribution < -0.4 is 5.32 Å². The van der Waals surface area contributed by atoms with Crippen molar-refractivity contribution in [3.8, 4) is 0 Å². The Hall–Kier alpha value is -1.93. The molecule has 8 heteroatoms. The summed E-state index contributed by atoms with van der Waals surface area (Å²) in [6, 6.07) is 8.80. The number of benzene rings is 1. The van der Waals surface area contributed by atoms with Gasteiger partial charge in [-0.15, -0.1) is 5.10 Å². The fraction of sp³-hybridized carbons (Fsp3) is 0.556. The van der Waals surface area contributed by atoms with Crippen molar-refractivity contribution in [1.82, 2.24) is 30.4 Å². The molecule has 1 aliphatic heterocycles. The van der Waals surface area contributed by atoms with Crippen molar-refractivity contribution in [2.45, 2.75) is 50.0 Å². The smallest absolute Gasteiger partial charge is 0.230 e. The third-order valence-electron chi connectivity index (χ3n) is 4.87. The molecule has 1 aliphatic carbocycles. The second-order valence-electron chi connectivity index (χ2n) is 6.95. The molecule has 2 aromatic rings. The summed E-state index contributed by atoms with van der Waals surface area (Å²) in [4.78, 5) is 14.7. The summed E-state index contributed by atoms with van der Waals surface area (Å²) in [5.74, 6) is 0.345. The number of tetrazole rings is 1. The number of aromatic nitrogens is 4. The highest BCUT2D eigenvalue weighted by Gasteiger charge is 2.28. The molecule has 0 bridgehead atoms. The van der Waals surface area contributed by atoms with Crippen LogP contribution in [0.2, 0.25) is 0 Å². The van der Waals surface area contributed by atoms with E-state index in [0.29, 0.717) is 18.3 Å².